The van der Waals surface area contributed by atoms with Crippen LogP contribution in [0.25, 0.3) is 5.65 Å². The summed E-state index contributed by atoms with van der Waals surface area (Å²) in [6, 6.07) is 9.26. The predicted octanol–water partition coefficient (Wildman–Crippen LogP) is 3.22. The molecule has 6 nitrogen and oxygen atoms in total. The van der Waals surface area contributed by atoms with Gasteiger partial charge in [-0.05, 0) is 43.7 Å². The summed E-state index contributed by atoms with van der Waals surface area (Å²) in [5.74, 6) is 0.975. The van der Waals surface area contributed by atoms with E-state index in [9.17, 15) is 4.79 Å². The minimum atomic E-state index is -0.253. The van der Waals surface area contributed by atoms with Crippen molar-refractivity contribution in [2.75, 3.05) is 19.5 Å². The van der Waals surface area contributed by atoms with Gasteiger partial charge in [-0.1, -0.05) is 6.07 Å². The van der Waals surface area contributed by atoms with Crippen molar-refractivity contribution in [3.05, 3.63) is 53.5 Å². The number of anilines is 1. The molecule has 1 aromatic carbocycles. The fourth-order valence-electron chi connectivity index (χ4n) is 2.69. The quantitative estimate of drug-likeness (QED) is 0.800. The van der Waals surface area contributed by atoms with Crippen LogP contribution in [0.5, 0.6) is 11.5 Å². The number of fused-ring (bicyclic) bond motifs is 1. The van der Waals surface area contributed by atoms with E-state index in [4.69, 9.17) is 9.47 Å². The summed E-state index contributed by atoms with van der Waals surface area (Å²) in [5, 5.41) is 2.91. The number of imidazole rings is 1. The molecule has 1 N–H and O–H groups in total. The van der Waals surface area contributed by atoms with Gasteiger partial charge in [-0.3, -0.25) is 9.20 Å². The van der Waals surface area contributed by atoms with Crippen LogP contribution in [0.1, 0.15) is 21.7 Å². The first-order valence-corrected chi connectivity index (χ1v) is 7.52. The summed E-state index contributed by atoms with van der Waals surface area (Å²) in [6.07, 6.45) is 1.79. The number of hydrogen-bond donors (Lipinski definition) is 1. The Balaban J connectivity index is 2.04. The number of methoxy groups -OCH3 is 2. The molecule has 0 spiro atoms. The highest BCUT2D eigenvalue weighted by Gasteiger charge is 2.19. The van der Waals surface area contributed by atoms with E-state index in [1.807, 2.05) is 37.3 Å². The molecule has 3 rings (SSSR count). The molecule has 0 aliphatic carbocycles. The summed E-state index contributed by atoms with van der Waals surface area (Å²) in [5.41, 5.74) is 3.36. The van der Waals surface area contributed by atoms with E-state index in [1.54, 1.807) is 31.7 Å². The molecule has 0 saturated heterocycles. The number of amides is 1. The molecule has 0 aliphatic rings. The molecular weight excluding hydrogens is 306 g/mol. The SMILES string of the molecule is COc1ccc(C)cc1NC(=O)c1c(C)nc2c(OC)cccn12. The molecule has 0 unspecified atom stereocenters. The van der Waals surface area contributed by atoms with Crippen LogP contribution in [0.4, 0.5) is 5.69 Å². The van der Waals surface area contributed by atoms with E-state index in [1.165, 1.54) is 0 Å². The Morgan fingerprint density at radius 2 is 1.88 bits per heavy atom. The van der Waals surface area contributed by atoms with Gasteiger partial charge in [-0.2, -0.15) is 0 Å². The van der Waals surface area contributed by atoms with Gasteiger partial charge in [0.05, 0.1) is 25.6 Å². The summed E-state index contributed by atoms with van der Waals surface area (Å²) in [6.45, 7) is 3.76. The Kier molecular flexibility index (Phi) is 4.12. The van der Waals surface area contributed by atoms with Gasteiger partial charge in [0.2, 0.25) is 0 Å². The molecule has 0 fully saturated rings. The average molecular weight is 325 g/mol. The highest BCUT2D eigenvalue weighted by molar-refractivity contribution is 6.05. The van der Waals surface area contributed by atoms with Gasteiger partial charge in [0.15, 0.2) is 11.4 Å². The third kappa shape index (κ3) is 2.67. The van der Waals surface area contributed by atoms with E-state index >= 15 is 0 Å². The lowest BCUT2D eigenvalue weighted by Gasteiger charge is -2.11. The van der Waals surface area contributed by atoms with Crippen LogP contribution in [-0.2, 0) is 0 Å². The summed E-state index contributed by atoms with van der Waals surface area (Å²) >= 11 is 0. The fourth-order valence-corrected chi connectivity index (χ4v) is 2.69. The highest BCUT2D eigenvalue weighted by atomic mass is 16.5. The van der Waals surface area contributed by atoms with E-state index < -0.39 is 0 Å². The van der Waals surface area contributed by atoms with Crippen LogP contribution < -0.4 is 14.8 Å². The van der Waals surface area contributed by atoms with Crippen molar-refractivity contribution >= 4 is 17.2 Å². The molecule has 1 amide bonds. The largest absolute Gasteiger partial charge is 0.495 e. The van der Waals surface area contributed by atoms with Crippen molar-refractivity contribution in [3.8, 4) is 11.5 Å². The van der Waals surface area contributed by atoms with E-state index in [2.05, 4.69) is 10.3 Å². The van der Waals surface area contributed by atoms with Crippen molar-refractivity contribution in [1.29, 1.82) is 0 Å². The number of carbonyl (C=O) groups is 1. The molecule has 2 aromatic heterocycles. The van der Waals surface area contributed by atoms with Gasteiger partial charge < -0.3 is 14.8 Å². The number of benzene rings is 1. The first-order valence-electron chi connectivity index (χ1n) is 7.52. The first-order chi connectivity index (χ1) is 11.5. The molecule has 0 radical (unpaired) electrons. The molecule has 0 aliphatic heterocycles. The van der Waals surface area contributed by atoms with E-state index in [0.29, 0.717) is 34.2 Å². The molecule has 0 atom stereocenters. The maximum atomic E-state index is 12.8. The zero-order valence-electron chi connectivity index (χ0n) is 14.1. The van der Waals surface area contributed by atoms with Crippen molar-refractivity contribution in [1.82, 2.24) is 9.38 Å². The third-order valence-corrected chi connectivity index (χ3v) is 3.83. The van der Waals surface area contributed by atoms with E-state index in [-0.39, 0.29) is 5.91 Å². The maximum absolute atomic E-state index is 12.8. The number of aryl methyl sites for hydroxylation is 2. The number of rotatable bonds is 4. The molecule has 124 valence electrons. The maximum Gasteiger partial charge on any atom is 0.274 e. The average Bonchev–Trinajstić information content (AvgIpc) is 2.90. The van der Waals surface area contributed by atoms with Crippen molar-refractivity contribution in [2.45, 2.75) is 13.8 Å². The number of nitrogens with one attached hydrogen (secondary N) is 1. The van der Waals surface area contributed by atoms with Gasteiger partial charge in [-0.15, -0.1) is 0 Å². The normalized spacial score (nSPS) is 10.7. The first kappa shape index (κ1) is 15.9. The highest BCUT2D eigenvalue weighted by Crippen LogP contribution is 2.27. The number of aromatic nitrogens is 2. The Hall–Kier alpha value is -3.02. The second-order valence-electron chi connectivity index (χ2n) is 5.47. The topological polar surface area (TPSA) is 64.9 Å². The number of hydrogen-bond acceptors (Lipinski definition) is 4. The summed E-state index contributed by atoms with van der Waals surface area (Å²) < 4.78 is 12.4. The number of carbonyl (C=O) groups excluding carboxylic acids is 1. The second kappa shape index (κ2) is 6.23. The van der Waals surface area contributed by atoms with Crippen LogP contribution in [0, 0.1) is 13.8 Å². The smallest absolute Gasteiger partial charge is 0.274 e. The zero-order chi connectivity index (χ0) is 17.3. The standard InChI is InChI=1S/C18H19N3O3/c1-11-7-8-14(23-3)13(10-11)20-18(22)16-12(2)19-17-15(24-4)6-5-9-21(16)17/h5-10H,1-4H3,(H,20,22). The van der Waals surface area contributed by atoms with Crippen LogP contribution >= 0.6 is 0 Å². The second-order valence-corrected chi connectivity index (χ2v) is 5.47. The van der Waals surface area contributed by atoms with Crippen LogP contribution in [0.2, 0.25) is 0 Å². The number of pyridine rings is 1. The molecular formula is C18H19N3O3. The van der Waals surface area contributed by atoms with Gasteiger partial charge >= 0.3 is 0 Å². The zero-order valence-corrected chi connectivity index (χ0v) is 14.1. The minimum absolute atomic E-state index is 0.253. The molecule has 24 heavy (non-hydrogen) atoms. The van der Waals surface area contributed by atoms with Gasteiger partial charge in [0.1, 0.15) is 11.4 Å². The monoisotopic (exact) mass is 325 g/mol. The van der Waals surface area contributed by atoms with Crippen molar-refractivity contribution < 1.29 is 14.3 Å². The summed E-state index contributed by atoms with van der Waals surface area (Å²) in [4.78, 5) is 17.3. The lowest BCUT2D eigenvalue weighted by atomic mass is 10.2. The Labute approximate surface area is 140 Å². The molecule has 2 heterocycles. The number of ether oxygens (including phenoxy) is 2. The number of nitrogens with zero attached hydrogens (tertiary/aromatic N) is 2. The Morgan fingerprint density at radius 3 is 2.58 bits per heavy atom. The molecule has 6 heteroatoms. The van der Waals surface area contributed by atoms with E-state index in [0.717, 1.165) is 5.56 Å². The van der Waals surface area contributed by atoms with Crippen molar-refractivity contribution in [3.63, 3.8) is 0 Å². The van der Waals surface area contributed by atoms with Gasteiger partial charge in [-0.25, -0.2) is 4.98 Å². The lowest BCUT2D eigenvalue weighted by molar-refractivity contribution is 0.102. The van der Waals surface area contributed by atoms with Gasteiger partial charge in [0, 0.05) is 6.20 Å². The Bertz CT molecular complexity index is 915. The van der Waals surface area contributed by atoms with Crippen LogP contribution in [-0.4, -0.2) is 29.5 Å². The Morgan fingerprint density at radius 1 is 1.12 bits per heavy atom. The molecule has 0 saturated carbocycles. The third-order valence-electron chi connectivity index (χ3n) is 3.83. The van der Waals surface area contributed by atoms with Crippen LogP contribution in [0.15, 0.2) is 36.5 Å². The van der Waals surface area contributed by atoms with Crippen molar-refractivity contribution in [2.24, 2.45) is 0 Å². The van der Waals surface area contributed by atoms with Crippen LogP contribution in [0.3, 0.4) is 0 Å². The summed E-state index contributed by atoms with van der Waals surface area (Å²) in [7, 11) is 3.15. The molecule has 3 aromatic rings. The fraction of sp³-hybridized carbons (Fsp3) is 0.222. The van der Waals surface area contributed by atoms with Gasteiger partial charge in [0.25, 0.3) is 5.91 Å². The predicted molar refractivity (Wildman–Crippen MR) is 92.2 cm³/mol. The molecule has 0 bridgehead atoms. The minimum Gasteiger partial charge on any atom is -0.495 e. The lowest BCUT2D eigenvalue weighted by Crippen LogP contribution is -2.16.